The summed E-state index contributed by atoms with van der Waals surface area (Å²) >= 11 is 12.5. The zero-order valence-corrected chi connectivity index (χ0v) is 27.5. The maximum Gasteiger partial charge on any atom is 0.264 e. The smallest absolute Gasteiger partial charge is 0.264 e. The van der Waals surface area contributed by atoms with Gasteiger partial charge in [0, 0.05) is 19.0 Å². The molecular formula is C34H35Cl2N3O5S. The van der Waals surface area contributed by atoms with Crippen LogP contribution in [0.5, 0.6) is 5.75 Å². The van der Waals surface area contributed by atoms with Gasteiger partial charge >= 0.3 is 0 Å². The second kappa shape index (κ2) is 15.3. The number of rotatable bonds is 13. The van der Waals surface area contributed by atoms with Gasteiger partial charge in [-0.05, 0) is 61.4 Å². The van der Waals surface area contributed by atoms with Gasteiger partial charge in [0.15, 0.2) is 0 Å². The van der Waals surface area contributed by atoms with Gasteiger partial charge in [-0.25, -0.2) is 8.42 Å². The van der Waals surface area contributed by atoms with E-state index in [1.165, 1.54) is 24.1 Å². The number of carbonyl (C=O) groups is 2. The van der Waals surface area contributed by atoms with E-state index in [1.54, 1.807) is 60.7 Å². The highest BCUT2D eigenvalue weighted by Crippen LogP contribution is 2.33. The summed E-state index contributed by atoms with van der Waals surface area (Å²) in [6.07, 6.45) is 0.187. The first-order valence-corrected chi connectivity index (χ1v) is 16.5. The second-order valence-corrected chi connectivity index (χ2v) is 13.3. The average molecular weight is 669 g/mol. The molecule has 2 amide bonds. The van der Waals surface area contributed by atoms with E-state index in [0.717, 1.165) is 9.87 Å². The molecule has 0 aliphatic carbocycles. The molecular weight excluding hydrogens is 633 g/mol. The fourth-order valence-electron chi connectivity index (χ4n) is 4.84. The van der Waals surface area contributed by atoms with Crippen molar-refractivity contribution in [1.29, 1.82) is 0 Å². The number of nitrogens with zero attached hydrogens (tertiary/aromatic N) is 2. The minimum atomic E-state index is -4.26. The average Bonchev–Trinajstić information content (AvgIpc) is 3.03. The molecule has 4 aromatic carbocycles. The number of hydrogen-bond donors (Lipinski definition) is 1. The van der Waals surface area contributed by atoms with Gasteiger partial charge in [0.25, 0.3) is 10.0 Å². The summed E-state index contributed by atoms with van der Waals surface area (Å²) in [5.41, 5.74) is 1.62. The van der Waals surface area contributed by atoms with Gasteiger partial charge in [0.2, 0.25) is 11.8 Å². The minimum absolute atomic E-state index is 0.00174. The van der Waals surface area contributed by atoms with Crippen LogP contribution in [0.4, 0.5) is 5.69 Å². The van der Waals surface area contributed by atoms with Crippen LogP contribution in [0.15, 0.2) is 108 Å². The molecule has 4 rings (SSSR count). The van der Waals surface area contributed by atoms with Crippen molar-refractivity contribution >= 4 is 50.7 Å². The molecule has 0 aliphatic heterocycles. The summed E-state index contributed by atoms with van der Waals surface area (Å²) in [6.45, 7) is 3.01. The van der Waals surface area contributed by atoms with Crippen molar-refractivity contribution in [3.05, 3.63) is 124 Å². The van der Waals surface area contributed by atoms with Crippen LogP contribution >= 0.6 is 23.2 Å². The molecule has 0 saturated heterocycles. The van der Waals surface area contributed by atoms with Crippen LogP contribution in [0.1, 0.15) is 25.0 Å². The molecule has 0 fully saturated rings. The first-order valence-electron chi connectivity index (χ1n) is 14.3. The van der Waals surface area contributed by atoms with E-state index < -0.39 is 28.5 Å². The van der Waals surface area contributed by atoms with E-state index in [0.29, 0.717) is 10.6 Å². The van der Waals surface area contributed by atoms with E-state index in [9.17, 15) is 18.0 Å². The highest BCUT2D eigenvalue weighted by Gasteiger charge is 2.35. The zero-order chi connectivity index (χ0) is 32.6. The van der Waals surface area contributed by atoms with Crippen LogP contribution in [-0.4, -0.2) is 50.9 Å². The molecule has 0 radical (unpaired) electrons. The van der Waals surface area contributed by atoms with Crippen molar-refractivity contribution in [3.63, 3.8) is 0 Å². The number of halogens is 2. The van der Waals surface area contributed by atoms with Crippen molar-refractivity contribution in [2.24, 2.45) is 0 Å². The Bertz CT molecular complexity index is 1720. The molecule has 0 aliphatic rings. The largest absolute Gasteiger partial charge is 0.495 e. The molecule has 1 N–H and O–H groups in total. The summed E-state index contributed by atoms with van der Waals surface area (Å²) in [6, 6.07) is 27.5. The third kappa shape index (κ3) is 8.57. The van der Waals surface area contributed by atoms with Crippen molar-refractivity contribution < 1.29 is 22.7 Å². The third-order valence-corrected chi connectivity index (χ3v) is 9.52. The summed E-state index contributed by atoms with van der Waals surface area (Å²) in [4.78, 5) is 29.7. The molecule has 0 heterocycles. The molecule has 0 spiro atoms. The summed E-state index contributed by atoms with van der Waals surface area (Å²) in [5.74, 6) is -0.720. The normalized spacial score (nSPS) is 12.0. The van der Waals surface area contributed by atoms with Gasteiger partial charge in [0.1, 0.15) is 18.3 Å². The van der Waals surface area contributed by atoms with Crippen LogP contribution in [0.25, 0.3) is 0 Å². The number of sulfonamides is 1. The van der Waals surface area contributed by atoms with Crippen molar-refractivity contribution in [2.75, 3.05) is 18.0 Å². The quantitative estimate of drug-likeness (QED) is 0.179. The summed E-state index contributed by atoms with van der Waals surface area (Å²) in [7, 11) is -2.83. The van der Waals surface area contributed by atoms with Crippen LogP contribution in [0.2, 0.25) is 10.0 Å². The SMILES string of the molecule is COc1ccccc1N(CC(=O)N(Cc1ccc(Cl)c(Cl)c1)[C@@H](Cc1ccccc1)C(=O)NC(C)C)S(=O)(=O)c1ccccc1. The second-order valence-electron chi connectivity index (χ2n) is 10.6. The molecule has 4 aromatic rings. The number of anilines is 1. The maximum absolute atomic E-state index is 14.5. The Hall–Kier alpha value is -4.05. The van der Waals surface area contributed by atoms with E-state index in [2.05, 4.69) is 5.32 Å². The Labute approximate surface area is 274 Å². The van der Waals surface area contributed by atoms with Crippen molar-refractivity contribution in [1.82, 2.24) is 10.2 Å². The highest BCUT2D eigenvalue weighted by atomic mass is 35.5. The highest BCUT2D eigenvalue weighted by molar-refractivity contribution is 7.92. The fourth-order valence-corrected chi connectivity index (χ4v) is 6.60. The molecule has 8 nitrogen and oxygen atoms in total. The molecule has 0 saturated carbocycles. The fraction of sp³-hybridized carbons (Fsp3) is 0.235. The van der Waals surface area contributed by atoms with Crippen molar-refractivity contribution in [3.8, 4) is 5.75 Å². The minimum Gasteiger partial charge on any atom is -0.495 e. The Balaban J connectivity index is 1.84. The molecule has 1 atom stereocenters. The van der Waals surface area contributed by atoms with Gasteiger partial charge in [-0.1, -0.05) is 89.9 Å². The number of nitrogens with one attached hydrogen (secondary N) is 1. The van der Waals surface area contributed by atoms with Gasteiger partial charge in [-0.3, -0.25) is 13.9 Å². The van der Waals surface area contributed by atoms with Crippen LogP contribution < -0.4 is 14.4 Å². The molecule has 45 heavy (non-hydrogen) atoms. The predicted molar refractivity (Wildman–Crippen MR) is 178 cm³/mol. The molecule has 0 aromatic heterocycles. The van der Waals surface area contributed by atoms with Crippen LogP contribution in [0.3, 0.4) is 0 Å². The van der Waals surface area contributed by atoms with Gasteiger partial charge in [-0.15, -0.1) is 0 Å². The van der Waals surface area contributed by atoms with Crippen molar-refractivity contribution in [2.45, 2.75) is 43.8 Å². The number of amides is 2. The molecule has 0 bridgehead atoms. The van der Waals surface area contributed by atoms with Crippen LogP contribution in [0, 0.1) is 0 Å². The van der Waals surface area contributed by atoms with Gasteiger partial charge in [-0.2, -0.15) is 0 Å². The maximum atomic E-state index is 14.5. The number of benzene rings is 4. The molecule has 236 valence electrons. The number of para-hydroxylation sites is 2. The number of carbonyl (C=O) groups excluding carboxylic acids is 2. The van der Waals surface area contributed by atoms with E-state index in [-0.39, 0.29) is 46.3 Å². The molecule has 11 heteroatoms. The monoisotopic (exact) mass is 667 g/mol. The number of methoxy groups -OCH3 is 1. The Morgan fingerprint density at radius 3 is 2.07 bits per heavy atom. The topological polar surface area (TPSA) is 96.0 Å². The zero-order valence-electron chi connectivity index (χ0n) is 25.2. The predicted octanol–water partition coefficient (Wildman–Crippen LogP) is 6.36. The first kappa shape index (κ1) is 33.8. The van der Waals surface area contributed by atoms with E-state index in [1.807, 2.05) is 44.2 Å². The lowest BCUT2D eigenvalue weighted by Crippen LogP contribution is -2.54. The van der Waals surface area contributed by atoms with Gasteiger partial charge in [0.05, 0.1) is 27.7 Å². The Morgan fingerprint density at radius 2 is 1.44 bits per heavy atom. The molecule has 0 unspecified atom stereocenters. The lowest BCUT2D eigenvalue weighted by atomic mass is 10.0. The standard InChI is InChI=1S/C34H35Cl2N3O5S/c1-24(2)37-34(41)31(21-25-12-6-4-7-13-25)38(22-26-18-19-28(35)29(36)20-26)33(40)23-39(30-16-10-11-17-32(30)44-3)45(42,43)27-14-8-5-9-15-27/h4-20,24,31H,21-23H2,1-3H3,(H,37,41)/t31-/m0/s1. The Kier molecular flexibility index (Phi) is 11.5. The lowest BCUT2D eigenvalue weighted by molar-refractivity contribution is -0.140. The van der Waals surface area contributed by atoms with E-state index >= 15 is 0 Å². The summed E-state index contributed by atoms with van der Waals surface area (Å²) < 4.78 is 34.8. The lowest BCUT2D eigenvalue weighted by Gasteiger charge is -2.34. The summed E-state index contributed by atoms with van der Waals surface area (Å²) in [5, 5.41) is 3.56. The van der Waals surface area contributed by atoms with Crippen LogP contribution in [-0.2, 0) is 32.6 Å². The first-order chi connectivity index (χ1) is 21.5. The number of ether oxygens (including phenoxy) is 1. The third-order valence-electron chi connectivity index (χ3n) is 7.00. The van der Waals surface area contributed by atoms with Gasteiger partial charge < -0.3 is 15.0 Å². The number of hydrogen-bond acceptors (Lipinski definition) is 5. The Morgan fingerprint density at radius 1 is 0.822 bits per heavy atom. The van der Waals surface area contributed by atoms with E-state index in [4.69, 9.17) is 27.9 Å².